The van der Waals surface area contributed by atoms with Gasteiger partial charge in [0.25, 0.3) is 0 Å². The number of rotatable bonds is 6. The summed E-state index contributed by atoms with van der Waals surface area (Å²) >= 11 is 1.36. The molecule has 9 nitrogen and oxygen atoms in total. The number of carbonyl (C=O) groups is 2. The number of carbonyl (C=O) groups excluding carboxylic acids is 2. The second-order valence-corrected chi connectivity index (χ2v) is 7.66. The van der Waals surface area contributed by atoms with Gasteiger partial charge in [-0.25, -0.2) is 9.78 Å². The van der Waals surface area contributed by atoms with Gasteiger partial charge >= 0.3 is 5.97 Å². The number of anilines is 1. The van der Waals surface area contributed by atoms with Crippen molar-refractivity contribution in [3.8, 4) is 0 Å². The number of thiazole rings is 1. The summed E-state index contributed by atoms with van der Waals surface area (Å²) in [4.78, 5) is 29.5. The maximum atomic E-state index is 12.6. The van der Waals surface area contributed by atoms with Crippen LogP contribution in [0.15, 0.2) is 41.6 Å². The first-order valence-corrected chi connectivity index (χ1v) is 9.95. The zero-order valence-electron chi connectivity index (χ0n) is 15.7. The smallest absolute Gasteiger partial charge is 0.355 e. The Morgan fingerprint density at radius 1 is 1.28 bits per heavy atom. The third-order valence-corrected chi connectivity index (χ3v) is 5.72. The molecule has 2 atom stereocenters. The molecule has 2 N–H and O–H groups in total. The van der Waals surface area contributed by atoms with Gasteiger partial charge in [0.2, 0.25) is 12.2 Å². The Kier molecular flexibility index (Phi) is 5.56. The molecular formula is C19H20N4O5S. The first-order valence-electron chi connectivity index (χ1n) is 9.14. The Hall–Kier alpha value is -2.82. The van der Waals surface area contributed by atoms with Crippen LogP contribution < -0.4 is 10.7 Å². The molecule has 0 radical (unpaired) electrons. The van der Waals surface area contributed by atoms with Gasteiger partial charge in [0, 0.05) is 12.6 Å². The quantitative estimate of drug-likeness (QED) is 0.715. The number of primary amides is 1. The topological polar surface area (TPSA) is 116 Å². The van der Waals surface area contributed by atoms with Crippen LogP contribution in [0.25, 0.3) is 0 Å². The second-order valence-electron chi connectivity index (χ2n) is 6.57. The van der Waals surface area contributed by atoms with Crippen LogP contribution >= 0.6 is 11.3 Å². The van der Waals surface area contributed by atoms with Crippen LogP contribution in [0.5, 0.6) is 0 Å². The molecule has 10 heteroatoms. The molecule has 2 aliphatic heterocycles. The molecule has 2 aliphatic rings. The fourth-order valence-electron chi connectivity index (χ4n) is 3.06. The van der Waals surface area contributed by atoms with Crippen molar-refractivity contribution in [1.29, 1.82) is 0 Å². The summed E-state index contributed by atoms with van der Waals surface area (Å²) < 4.78 is 16.4. The minimum atomic E-state index is -0.734. The fourth-order valence-corrected chi connectivity index (χ4v) is 3.96. The molecule has 0 saturated carbocycles. The lowest BCUT2D eigenvalue weighted by Gasteiger charge is -2.20. The summed E-state index contributed by atoms with van der Waals surface area (Å²) in [7, 11) is 0. The van der Waals surface area contributed by atoms with Crippen LogP contribution in [-0.4, -0.2) is 41.8 Å². The van der Waals surface area contributed by atoms with Crippen molar-refractivity contribution >= 4 is 34.6 Å². The highest BCUT2D eigenvalue weighted by atomic mass is 32.1. The first-order chi connectivity index (χ1) is 14.0. The number of benzene rings is 1. The standard InChI is InChI=1S/C19H20N4O5S/c1-11(15-10-21-17(29-15)19-26-7-8-27-19)28-18(25)13-9-14(16(20)24)23(22-13)12-5-3-2-4-6-12/h2-6,10-11,14,19H,7-9H2,1H3,(H2,20,24)/t11-,14+/m0/s1. The highest BCUT2D eigenvalue weighted by molar-refractivity contribution is 7.11. The SMILES string of the molecule is C[C@H](OC(=O)C1=NN(c2ccccc2)[C@@H](C(N)=O)C1)c1cnc(C2OCCO2)s1. The number of ether oxygens (including phenoxy) is 3. The summed E-state index contributed by atoms with van der Waals surface area (Å²) in [5, 5.41) is 6.44. The Balaban J connectivity index is 1.45. The third-order valence-electron chi connectivity index (χ3n) is 4.54. The molecule has 152 valence electrons. The van der Waals surface area contributed by atoms with Gasteiger partial charge in [0.15, 0.2) is 0 Å². The Labute approximate surface area is 171 Å². The molecule has 3 heterocycles. The molecular weight excluding hydrogens is 396 g/mol. The largest absolute Gasteiger partial charge is 0.452 e. The van der Waals surface area contributed by atoms with Gasteiger partial charge in [-0.2, -0.15) is 5.10 Å². The molecule has 0 aliphatic carbocycles. The van der Waals surface area contributed by atoms with E-state index in [0.717, 1.165) is 4.88 Å². The number of nitrogens with two attached hydrogens (primary N) is 1. The number of hydrazone groups is 1. The lowest BCUT2D eigenvalue weighted by atomic mass is 10.1. The fraction of sp³-hybridized carbons (Fsp3) is 0.368. The minimum Gasteiger partial charge on any atom is -0.452 e. The molecule has 1 saturated heterocycles. The molecule has 2 aromatic rings. The van der Waals surface area contributed by atoms with Crippen LogP contribution in [0.2, 0.25) is 0 Å². The second kappa shape index (κ2) is 8.27. The number of esters is 1. The van der Waals surface area contributed by atoms with E-state index in [1.54, 1.807) is 25.3 Å². The molecule has 0 unspecified atom stereocenters. The number of hydrogen-bond donors (Lipinski definition) is 1. The predicted molar refractivity (Wildman–Crippen MR) is 105 cm³/mol. The molecule has 1 aromatic carbocycles. The van der Waals surface area contributed by atoms with E-state index in [0.29, 0.717) is 23.9 Å². The maximum absolute atomic E-state index is 12.6. The van der Waals surface area contributed by atoms with Gasteiger partial charge in [0.05, 0.1) is 23.8 Å². The average Bonchev–Trinajstić information content (AvgIpc) is 3.48. The lowest BCUT2D eigenvalue weighted by molar-refractivity contribution is -0.140. The first kappa shape index (κ1) is 19.5. The van der Waals surface area contributed by atoms with Gasteiger partial charge in [-0.1, -0.05) is 18.2 Å². The summed E-state index contributed by atoms with van der Waals surface area (Å²) in [5.74, 6) is -1.15. The highest BCUT2D eigenvalue weighted by Crippen LogP contribution is 2.32. The molecule has 1 fully saturated rings. The van der Waals surface area contributed by atoms with E-state index in [4.69, 9.17) is 19.9 Å². The summed E-state index contributed by atoms with van der Waals surface area (Å²) in [5.41, 5.74) is 6.33. The molecule has 0 spiro atoms. The van der Waals surface area contributed by atoms with Crippen molar-refractivity contribution < 1.29 is 23.8 Å². The minimum absolute atomic E-state index is 0.0907. The van der Waals surface area contributed by atoms with Crippen LogP contribution in [0.1, 0.15) is 35.6 Å². The van der Waals surface area contributed by atoms with Gasteiger partial charge in [-0.3, -0.25) is 9.80 Å². The lowest BCUT2D eigenvalue weighted by Crippen LogP contribution is -2.39. The Bertz CT molecular complexity index is 926. The van der Waals surface area contributed by atoms with Crippen molar-refractivity contribution in [2.24, 2.45) is 10.8 Å². The average molecular weight is 416 g/mol. The Morgan fingerprint density at radius 2 is 2.00 bits per heavy atom. The molecule has 4 rings (SSSR count). The molecule has 0 bridgehead atoms. The predicted octanol–water partition coefficient (Wildman–Crippen LogP) is 1.91. The van der Waals surface area contributed by atoms with Crippen molar-refractivity contribution in [1.82, 2.24) is 4.98 Å². The van der Waals surface area contributed by atoms with Gasteiger partial charge in [-0.05, 0) is 19.1 Å². The Morgan fingerprint density at radius 3 is 2.69 bits per heavy atom. The van der Waals surface area contributed by atoms with Gasteiger partial charge in [-0.15, -0.1) is 11.3 Å². The van der Waals surface area contributed by atoms with Crippen LogP contribution in [-0.2, 0) is 23.8 Å². The van der Waals surface area contributed by atoms with Crippen LogP contribution in [0.4, 0.5) is 5.69 Å². The van der Waals surface area contributed by atoms with E-state index in [9.17, 15) is 9.59 Å². The summed E-state index contributed by atoms with van der Waals surface area (Å²) in [6.45, 7) is 2.81. The molecule has 1 aromatic heterocycles. The van der Waals surface area contributed by atoms with Crippen LogP contribution in [0, 0.1) is 0 Å². The zero-order chi connectivity index (χ0) is 20.4. The van der Waals surface area contributed by atoms with Crippen molar-refractivity contribution in [2.75, 3.05) is 18.2 Å². The normalized spacial score (nSPS) is 20.5. The number of para-hydroxylation sites is 1. The van der Waals surface area contributed by atoms with E-state index < -0.39 is 30.3 Å². The molecule has 1 amide bonds. The van der Waals surface area contributed by atoms with Crippen molar-refractivity contribution in [3.05, 3.63) is 46.4 Å². The van der Waals surface area contributed by atoms with Gasteiger partial charge in [0.1, 0.15) is 22.9 Å². The summed E-state index contributed by atoms with van der Waals surface area (Å²) in [6.07, 6.45) is 0.734. The highest BCUT2D eigenvalue weighted by Gasteiger charge is 2.36. The number of aromatic nitrogens is 1. The number of hydrogen-bond acceptors (Lipinski definition) is 9. The monoisotopic (exact) mass is 416 g/mol. The maximum Gasteiger partial charge on any atom is 0.355 e. The van der Waals surface area contributed by atoms with E-state index in [1.807, 2.05) is 18.2 Å². The number of amides is 1. The van der Waals surface area contributed by atoms with E-state index in [1.165, 1.54) is 16.3 Å². The van der Waals surface area contributed by atoms with E-state index >= 15 is 0 Å². The van der Waals surface area contributed by atoms with Crippen LogP contribution in [0.3, 0.4) is 0 Å². The van der Waals surface area contributed by atoms with E-state index in [2.05, 4.69) is 10.1 Å². The summed E-state index contributed by atoms with van der Waals surface area (Å²) in [6, 6.07) is 8.35. The van der Waals surface area contributed by atoms with Crippen molar-refractivity contribution in [2.45, 2.75) is 31.8 Å². The van der Waals surface area contributed by atoms with Crippen molar-refractivity contribution in [3.63, 3.8) is 0 Å². The third kappa shape index (κ3) is 4.14. The van der Waals surface area contributed by atoms with E-state index in [-0.39, 0.29) is 12.1 Å². The zero-order valence-corrected chi connectivity index (χ0v) is 16.5. The number of nitrogens with zero attached hydrogens (tertiary/aromatic N) is 3. The molecule has 29 heavy (non-hydrogen) atoms. The van der Waals surface area contributed by atoms with Gasteiger partial charge < -0.3 is 19.9 Å².